The molecule has 1 aliphatic rings. The summed E-state index contributed by atoms with van der Waals surface area (Å²) in [7, 11) is 0. The highest BCUT2D eigenvalue weighted by Crippen LogP contribution is 2.15. The van der Waals surface area contributed by atoms with Crippen LogP contribution in [0.2, 0.25) is 0 Å². The molecule has 2 aromatic carbocycles. The SMILES string of the molecule is Cc1ccc(NC(=O)[C@H](c2ccccc2)[NH+]2CCN(c3ncccn3)CC2)cc1. The fourth-order valence-electron chi connectivity index (χ4n) is 3.81. The van der Waals surface area contributed by atoms with Crippen molar-refractivity contribution in [1.82, 2.24) is 9.97 Å². The molecule has 1 atom stereocenters. The first-order valence-corrected chi connectivity index (χ1v) is 10.00. The molecule has 148 valence electrons. The molecule has 0 radical (unpaired) electrons. The van der Waals surface area contributed by atoms with Gasteiger partial charge in [-0.25, -0.2) is 9.97 Å². The van der Waals surface area contributed by atoms with Gasteiger partial charge in [-0.2, -0.15) is 0 Å². The monoisotopic (exact) mass is 388 g/mol. The van der Waals surface area contributed by atoms with E-state index in [4.69, 9.17) is 0 Å². The van der Waals surface area contributed by atoms with Gasteiger partial charge in [0.2, 0.25) is 5.95 Å². The maximum Gasteiger partial charge on any atom is 0.287 e. The molecule has 1 aliphatic heterocycles. The summed E-state index contributed by atoms with van der Waals surface area (Å²) in [6, 6.07) is 19.6. The van der Waals surface area contributed by atoms with Crippen molar-refractivity contribution in [3.8, 4) is 0 Å². The lowest BCUT2D eigenvalue weighted by molar-refractivity contribution is -0.922. The summed E-state index contributed by atoms with van der Waals surface area (Å²) >= 11 is 0. The standard InChI is InChI=1S/C23H25N5O/c1-18-8-10-20(11-9-18)26-22(29)21(19-6-3-2-4-7-19)27-14-16-28(17-15-27)23-24-12-5-13-25-23/h2-13,21H,14-17H2,1H3,(H,26,29)/p+1/t21-/m0/s1. The van der Waals surface area contributed by atoms with Crippen LogP contribution in [0.25, 0.3) is 0 Å². The largest absolute Gasteiger partial charge is 0.330 e. The topological polar surface area (TPSA) is 62.6 Å². The van der Waals surface area contributed by atoms with Crippen molar-refractivity contribution in [2.24, 2.45) is 0 Å². The molecule has 1 amide bonds. The Kier molecular flexibility index (Phi) is 5.81. The quantitative estimate of drug-likeness (QED) is 0.701. The van der Waals surface area contributed by atoms with Gasteiger partial charge in [0.05, 0.1) is 26.2 Å². The van der Waals surface area contributed by atoms with Crippen molar-refractivity contribution < 1.29 is 9.69 Å². The number of hydrogen-bond donors (Lipinski definition) is 2. The lowest BCUT2D eigenvalue weighted by Gasteiger charge is -2.36. The molecular formula is C23H26N5O+. The van der Waals surface area contributed by atoms with Gasteiger partial charge >= 0.3 is 0 Å². The van der Waals surface area contributed by atoms with E-state index in [0.717, 1.165) is 43.4 Å². The van der Waals surface area contributed by atoms with Gasteiger partial charge in [-0.15, -0.1) is 0 Å². The van der Waals surface area contributed by atoms with E-state index < -0.39 is 0 Å². The zero-order chi connectivity index (χ0) is 20.1. The molecule has 2 N–H and O–H groups in total. The van der Waals surface area contributed by atoms with Crippen molar-refractivity contribution in [1.29, 1.82) is 0 Å². The van der Waals surface area contributed by atoms with E-state index in [1.165, 1.54) is 10.5 Å². The van der Waals surface area contributed by atoms with Gasteiger partial charge in [0.25, 0.3) is 5.91 Å². The number of nitrogens with one attached hydrogen (secondary N) is 2. The van der Waals surface area contributed by atoms with E-state index in [1.54, 1.807) is 12.4 Å². The van der Waals surface area contributed by atoms with Crippen LogP contribution in [0.5, 0.6) is 0 Å². The molecule has 0 aliphatic carbocycles. The number of benzene rings is 2. The number of carbonyl (C=O) groups is 1. The lowest BCUT2D eigenvalue weighted by atomic mass is 10.0. The fourth-order valence-corrected chi connectivity index (χ4v) is 3.81. The molecule has 0 bridgehead atoms. The minimum absolute atomic E-state index is 0.0273. The number of quaternary nitrogens is 1. The zero-order valence-corrected chi connectivity index (χ0v) is 16.6. The summed E-state index contributed by atoms with van der Waals surface area (Å²) in [4.78, 5) is 25.4. The second-order valence-electron chi connectivity index (χ2n) is 7.39. The van der Waals surface area contributed by atoms with Gasteiger partial charge < -0.3 is 15.1 Å². The molecule has 29 heavy (non-hydrogen) atoms. The molecule has 3 aromatic rings. The summed E-state index contributed by atoms with van der Waals surface area (Å²) in [5.41, 5.74) is 3.04. The maximum absolute atomic E-state index is 13.3. The van der Waals surface area contributed by atoms with Crippen LogP contribution in [0, 0.1) is 6.92 Å². The molecule has 0 spiro atoms. The molecule has 0 unspecified atom stereocenters. The van der Waals surface area contributed by atoms with Crippen molar-refractivity contribution in [2.45, 2.75) is 13.0 Å². The summed E-state index contributed by atoms with van der Waals surface area (Å²) in [6.45, 7) is 5.37. The van der Waals surface area contributed by atoms with Crippen LogP contribution in [0.3, 0.4) is 0 Å². The highest BCUT2D eigenvalue weighted by Gasteiger charge is 2.34. The Morgan fingerprint density at radius 2 is 1.62 bits per heavy atom. The maximum atomic E-state index is 13.3. The van der Waals surface area contributed by atoms with Crippen LogP contribution < -0.4 is 15.1 Å². The van der Waals surface area contributed by atoms with Crippen LogP contribution in [0.1, 0.15) is 17.2 Å². The molecule has 0 saturated carbocycles. The number of piperazine rings is 1. The molecule has 1 fully saturated rings. The molecule has 6 nitrogen and oxygen atoms in total. The highest BCUT2D eigenvalue weighted by atomic mass is 16.2. The number of rotatable bonds is 5. The van der Waals surface area contributed by atoms with Gasteiger partial charge in [0.1, 0.15) is 0 Å². The van der Waals surface area contributed by atoms with Crippen molar-refractivity contribution in [3.63, 3.8) is 0 Å². The number of carbonyl (C=O) groups excluding carboxylic acids is 1. The van der Waals surface area contributed by atoms with Gasteiger partial charge in [0, 0.05) is 23.6 Å². The summed E-state index contributed by atoms with van der Waals surface area (Å²) in [6.07, 6.45) is 3.53. The van der Waals surface area contributed by atoms with E-state index in [-0.39, 0.29) is 11.9 Å². The number of amides is 1. The zero-order valence-electron chi connectivity index (χ0n) is 16.6. The van der Waals surface area contributed by atoms with E-state index in [1.807, 2.05) is 67.6 Å². The van der Waals surface area contributed by atoms with E-state index in [2.05, 4.69) is 20.2 Å². The first-order valence-electron chi connectivity index (χ1n) is 10.00. The van der Waals surface area contributed by atoms with Gasteiger partial charge in [-0.3, -0.25) is 4.79 Å². The molecular weight excluding hydrogens is 362 g/mol. The van der Waals surface area contributed by atoms with Gasteiger partial charge in [-0.05, 0) is 25.1 Å². The first-order chi connectivity index (χ1) is 14.2. The second kappa shape index (κ2) is 8.84. The van der Waals surface area contributed by atoms with Crippen LogP contribution in [-0.2, 0) is 4.79 Å². The van der Waals surface area contributed by atoms with Gasteiger partial charge in [0.15, 0.2) is 6.04 Å². The fraction of sp³-hybridized carbons (Fsp3) is 0.261. The van der Waals surface area contributed by atoms with Crippen LogP contribution in [0.4, 0.5) is 11.6 Å². The van der Waals surface area contributed by atoms with Crippen molar-refractivity contribution >= 4 is 17.5 Å². The average molecular weight is 388 g/mol. The predicted octanol–water partition coefficient (Wildman–Crippen LogP) is 1.87. The molecule has 2 heterocycles. The molecule has 1 aromatic heterocycles. The van der Waals surface area contributed by atoms with E-state index >= 15 is 0 Å². The average Bonchev–Trinajstić information content (AvgIpc) is 2.77. The Balaban J connectivity index is 1.51. The number of hydrogen-bond acceptors (Lipinski definition) is 4. The molecule has 6 heteroatoms. The highest BCUT2D eigenvalue weighted by molar-refractivity contribution is 5.94. The third kappa shape index (κ3) is 4.60. The molecule has 4 rings (SSSR count). The number of nitrogens with zero attached hydrogens (tertiary/aromatic N) is 3. The summed E-state index contributed by atoms with van der Waals surface area (Å²) in [5.74, 6) is 0.784. The Morgan fingerprint density at radius 1 is 0.966 bits per heavy atom. The summed E-state index contributed by atoms with van der Waals surface area (Å²) in [5, 5.41) is 3.11. The van der Waals surface area contributed by atoms with Crippen molar-refractivity contribution in [3.05, 3.63) is 84.2 Å². The van der Waals surface area contributed by atoms with Crippen LogP contribution >= 0.6 is 0 Å². The lowest BCUT2D eigenvalue weighted by Crippen LogP contribution is -3.16. The van der Waals surface area contributed by atoms with E-state index in [9.17, 15) is 4.79 Å². The minimum atomic E-state index is -0.253. The smallest absolute Gasteiger partial charge is 0.287 e. The number of anilines is 2. The Labute approximate surface area is 171 Å². The van der Waals surface area contributed by atoms with Crippen LogP contribution in [0.15, 0.2) is 73.1 Å². The molecule has 1 saturated heterocycles. The Bertz CT molecular complexity index is 923. The predicted molar refractivity (Wildman–Crippen MR) is 114 cm³/mol. The third-order valence-electron chi connectivity index (χ3n) is 5.36. The van der Waals surface area contributed by atoms with E-state index in [0.29, 0.717) is 0 Å². The Morgan fingerprint density at radius 3 is 2.28 bits per heavy atom. The first kappa shape index (κ1) is 19.1. The normalized spacial score (nSPS) is 15.7. The van der Waals surface area contributed by atoms with Crippen LogP contribution in [-0.4, -0.2) is 42.1 Å². The second-order valence-corrected chi connectivity index (χ2v) is 7.39. The third-order valence-corrected chi connectivity index (χ3v) is 5.36. The van der Waals surface area contributed by atoms with Gasteiger partial charge in [-0.1, -0.05) is 48.0 Å². The Hall–Kier alpha value is -3.25. The minimum Gasteiger partial charge on any atom is -0.330 e. The number of aryl methyl sites for hydroxylation is 1. The number of aromatic nitrogens is 2. The summed E-state index contributed by atoms with van der Waals surface area (Å²) < 4.78 is 0. The van der Waals surface area contributed by atoms with Crippen molar-refractivity contribution in [2.75, 3.05) is 36.4 Å².